The van der Waals surface area contributed by atoms with E-state index in [1.54, 1.807) is 0 Å². The van der Waals surface area contributed by atoms with Crippen LogP contribution in [0.3, 0.4) is 0 Å². The van der Waals surface area contributed by atoms with E-state index >= 15 is 0 Å². The molecule has 11 heteroatoms. The van der Waals surface area contributed by atoms with Crippen molar-refractivity contribution >= 4 is 34.7 Å². The van der Waals surface area contributed by atoms with Crippen molar-refractivity contribution in [1.82, 2.24) is 19.9 Å². The van der Waals surface area contributed by atoms with Crippen molar-refractivity contribution < 1.29 is 13.2 Å². The molecular weight excluding hydrogens is 443 g/mol. The van der Waals surface area contributed by atoms with Gasteiger partial charge in [0.25, 0.3) is 0 Å². The number of hydrogen-bond donors (Lipinski definition) is 2. The van der Waals surface area contributed by atoms with Gasteiger partial charge in [-0.3, -0.25) is 4.90 Å². The van der Waals surface area contributed by atoms with Gasteiger partial charge in [-0.2, -0.15) is 13.2 Å². The minimum atomic E-state index is -4.53. The van der Waals surface area contributed by atoms with Crippen LogP contribution in [0.25, 0.3) is 0 Å². The van der Waals surface area contributed by atoms with Crippen molar-refractivity contribution in [2.75, 3.05) is 42.1 Å². The summed E-state index contributed by atoms with van der Waals surface area (Å²) in [7, 11) is 0. The number of nitrogens with two attached hydrogens (primary N) is 1. The van der Waals surface area contributed by atoms with Crippen LogP contribution in [-0.4, -0.2) is 46.0 Å². The number of pyridine rings is 1. The van der Waals surface area contributed by atoms with E-state index in [0.29, 0.717) is 12.0 Å². The molecule has 2 aromatic heterocycles. The molecule has 1 fully saturated rings. The first kappa shape index (κ1) is 22.1. The Hall–Kier alpha value is -3.11. The number of rotatable bonds is 5. The standard InChI is InChI=1S/C21H21ClF3N7/c22-16-10-15(21(23,24)25)11-27-18(16)30-19-17(26)20(29-13-28-19)32-8-6-31(7-9-32)12-14-4-2-1-3-5-14/h1-5,10-11,13H,6-9,12,26H2,(H,27,28,29,30). The Balaban J connectivity index is 1.44. The Bertz CT molecular complexity index is 1070. The number of nitrogens with zero attached hydrogens (tertiary/aromatic N) is 5. The zero-order valence-corrected chi connectivity index (χ0v) is 17.7. The smallest absolute Gasteiger partial charge is 0.393 e. The van der Waals surface area contributed by atoms with Crippen molar-refractivity contribution in [2.24, 2.45) is 0 Å². The first-order valence-corrected chi connectivity index (χ1v) is 10.3. The zero-order chi connectivity index (χ0) is 22.7. The fourth-order valence-corrected chi connectivity index (χ4v) is 3.71. The van der Waals surface area contributed by atoms with E-state index in [4.69, 9.17) is 17.3 Å². The number of anilines is 4. The number of nitrogens with one attached hydrogen (secondary N) is 1. The molecule has 1 aliphatic heterocycles. The summed E-state index contributed by atoms with van der Waals surface area (Å²) in [5, 5.41) is 2.63. The van der Waals surface area contributed by atoms with Gasteiger partial charge >= 0.3 is 6.18 Å². The monoisotopic (exact) mass is 463 g/mol. The topological polar surface area (TPSA) is 83.2 Å². The second-order valence-electron chi connectivity index (χ2n) is 7.39. The molecule has 1 aromatic carbocycles. The maximum Gasteiger partial charge on any atom is 0.417 e. The first-order chi connectivity index (χ1) is 15.3. The van der Waals surface area contributed by atoms with Crippen molar-refractivity contribution in [3.8, 4) is 0 Å². The summed E-state index contributed by atoms with van der Waals surface area (Å²) in [6, 6.07) is 11.1. The van der Waals surface area contributed by atoms with Gasteiger partial charge in [0.2, 0.25) is 0 Å². The van der Waals surface area contributed by atoms with Gasteiger partial charge < -0.3 is 16.0 Å². The maximum absolute atomic E-state index is 12.8. The van der Waals surface area contributed by atoms with E-state index in [1.807, 2.05) is 18.2 Å². The molecule has 0 saturated carbocycles. The number of nitrogen functional groups attached to an aromatic ring is 1. The molecule has 0 spiro atoms. The molecule has 3 heterocycles. The van der Waals surface area contributed by atoms with Gasteiger partial charge in [-0.1, -0.05) is 41.9 Å². The second kappa shape index (κ2) is 9.17. The lowest BCUT2D eigenvalue weighted by Crippen LogP contribution is -2.46. The molecule has 32 heavy (non-hydrogen) atoms. The molecule has 4 rings (SSSR count). The SMILES string of the molecule is Nc1c(Nc2ncc(C(F)(F)F)cc2Cl)ncnc1N1CCN(Cc2ccccc2)CC1. The lowest BCUT2D eigenvalue weighted by atomic mass is 10.2. The molecular formula is C21H21ClF3N7. The molecule has 3 N–H and O–H groups in total. The highest BCUT2D eigenvalue weighted by Gasteiger charge is 2.31. The van der Waals surface area contributed by atoms with Crippen LogP contribution in [-0.2, 0) is 12.7 Å². The van der Waals surface area contributed by atoms with Crippen LogP contribution >= 0.6 is 11.6 Å². The van der Waals surface area contributed by atoms with Gasteiger partial charge in [0, 0.05) is 38.9 Å². The van der Waals surface area contributed by atoms with Gasteiger partial charge in [-0.25, -0.2) is 15.0 Å². The lowest BCUT2D eigenvalue weighted by molar-refractivity contribution is -0.137. The van der Waals surface area contributed by atoms with E-state index in [9.17, 15) is 13.2 Å². The number of hydrogen-bond acceptors (Lipinski definition) is 7. The number of piperazine rings is 1. The predicted octanol–water partition coefficient (Wildman–Crippen LogP) is 4.19. The van der Waals surface area contributed by atoms with E-state index in [0.717, 1.165) is 38.8 Å². The normalized spacial score (nSPS) is 15.1. The zero-order valence-electron chi connectivity index (χ0n) is 17.0. The first-order valence-electron chi connectivity index (χ1n) is 9.93. The number of benzene rings is 1. The molecule has 168 valence electrons. The number of halogens is 4. The van der Waals surface area contributed by atoms with E-state index < -0.39 is 11.7 Å². The Labute approximate surface area is 188 Å². The van der Waals surface area contributed by atoms with Crippen LogP contribution in [0.2, 0.25) is 5.02 Å². The fourth-order valence-electron chi connectivity index (χ4n) is 3.49. The van der Waals surface area contributed by atoms with Gasteiger partial charge in [-0.05, 0) is 11.6 Å². The minimum Gasteiger partial charge on any atom is -0.393 e. The summed E-state index contributed by atoms with van der Waals surface area (Å²) in [5.74, 6) is 0.824. The third kappa shape index (κ3) is 5.03. The van der Waals surface area contributed by atoms with Gasteiger partial charge in [-0.15, -0.1) is 0 Å². The summed E-state index contributed by atoms with van der Waals surface area (Å²) < 4.78 is 38.5. The minimum absolute atomic E-state index is 0.0312. The molecule has 0 amide bonds. The van der Waals surface area contributed by atoms with Crippen molar-refractivity contribution in [2.45, 2.75) is 12.7 Å². The summed E-state index contributed by atoms with van der Waals surface area (Å²) in [6.45, 7) is 4.01. The summed E-state index contributed by atoms with van der Waals surface area (Å²) in [5.41, 5.74) is 6.88. The van der Waals surface area contributed by atoms with E-state index in [2.05, 4.69) is 42.2 Å². The Morgan fingerprint density at radius 2 is 1.72 bits per heavy atom. The van der Waals surface area contributed by atoms with Crippen molar-refractivity contribution in [1.29, 1.82) is 0 Å². The third-order valence-corrected chi connectivity index (χ3v) is 5.48. The second-order valence-corrected chi connectivity index (χ2v) is 7.79. The highest BCUT2D eigenvalue weighted by molar-refractivity contribution is 6.33. The Morgan fingerprint density at radius 3 is 2.38 bits per heavy atom. The molecule has 1 saturated heterocycles. The molecule has 0 atom stereocenters. The molecule has 0 unspecified atom stereocenters. The van der Waals surface area contributed by atoms with Gasteiger partial charge in [0.15, 0.2) is 11.6 Å². The molecule has 0 aliphatic carbocycles. The fraction of sp³-hybridized carbons (Fsp3) is 0.286. The molecule has 0 bridgehead atoms. The van der Waals surface area contributed by atoms with Crippen LogP contribution in [0.1, 0.15) is 11.1 Å². The summed E-state index contributed by atoms with van der Waals surface area (Å²) in [4.78, 5) is 16.6. The highest BCUT2D eigenvalue weighted by Crippen LogP contribution is 2.34. The summed E-state index contributed by atoms with van der Waals surface area (Å²) in [6.07, 6.45) is -2.47. The quantitative estimate of drug-likeness (QED) is 0.587. The lowest BCUT2D eigenvalue weighted by Gasteiger charge is -2.36. The Kier molecular flexibility index (Phi) is 6.33. The van der Waals surface area contributed by atoms with Crippen LogP contribution in [0.4, 0.5) is 36.3 Å². The van der Waals surface area contributed by atoms with Crippen LogP contribution in [0.15, 0.2) is 48.9 Å². The highest BCUT2D eigenvalue weighted by atomic mass is 35.5. The van der Waals surface area contributed by atoms with Crippen molar-refractivity contribution in [3.63, 3.8) is 0 Å². The molecule has 3 aromatic rings. The van der Waals surface area contributed by atoms with E-state index in [1.165, 1.54) is 11.9 Å². The molecule has 0 radical (unpaired) electrons. The van der Waals surface area contributed by atoms with Gasteiger partial charge in [0.1, 0.15) is 17.8 Å². The van der Waals surface area contributed by atoms with Crippen molar-refractivity contribution in [3.05, 3.63) is 65.1 Å². The molecule has 1 aliphatic rings. The number of aromatic nitrogens is 3. The average molecular weight is 464 g/mol. The maximum atomic E-state index is 12.8. The molecule has 7 nitrogen and oxygen atoms in total. The Morgan fingerprint density at radius 1 is 1.00 bits per heavy atom. The largest absolute Gasteiger partial charge is 0.417 e. The van der Waals surface area contributed by atoms with Crippen LogP contribution in [0, 0.1) is 0 Å². The van der Waals surface area contributed by atoms with Crippen LogP contribution in [0.5, 0.6) is 0 Å². The van der Waals surface area contributed by atoms with Gasteiger partial charge in [0.05, 0.1) is 10.6 Å². The predicted molar refractivity (Wildman–Crippen MR) is 118 cm³/mol. The van der Waals surface area contributed by atoms with E-state index in [-0.39, 0.29) is 22.3 Å². The average Bonchev–Trinajstić information content (AvgIpc) is 2.77. The van der Waals surface area contributed by atoms with Crippen LogP contribution < -0.4 is 16.0 Å². The summed E-state index contributed by atoms with van der Waals surface area (Å²) >= 11 is 5.98. The third-order valence-electron chi connectivity index (χ3n) is 5.19. The number of alkyl halides is 3.